The number of nitrogens with zero attached hydrogens (tertiary/aromatic N) is 2. The third kappa shape index (κ3) is 3.40. The second kappa shape index (κ2) is 6.11. The van der Waals surface area contributed by atoms with Crippen molar-refractivity contribution in [2.45, 2.75) is 0 Å². The van der Waals surface area contributed by atoms with Crippen molar-refractivity contribution in [2.24, 2.45) is 4.99 Å². The van der Waals surface area contributed by atoms with Gasteiger partial charge in [0.1, 0.15) is 0 Å². The molecule has 0 bridgehead atoms. The molecule has 1 N–H and O–H groups in total. The smallest absolute Gasteiger partial charge is 0.239 e. The fraction of sp³-hybridized carbons (Fsp3) is 0.333. The average Bonchev–Trinajstić information content (AvgIpc) is 2.38. The highest BCUT2D eigenvalue weighted by Crippen LogP contribution is 2.19. The first-order valence-corrected chi connectivity index (χ1v) is 7.19. The number of rotatable bonds is 1. The number of piperazine rings is 1. The lowest BCUT2D eigenvalue weighted by atomic mass is 10.3. The van der Waals surface area contributed by atoms with Crippen LogP contribution in [0.3, 0.4) is 0 Å². The minimum atomic E-state index is 0.0408. The lowest BCUT2D eigenvalue weighted by molar-refractivity contribution is -0.122. The highest BCUT2D eigenvalue weighted by molar-refractivity contribution is 8.13. The van der Waals surface area contributed by atoms with Gasteiger partial charge in [0.15, 0.2) is 5.17 Å². The Bertz CT molecular complexity index is 461. The first-order valence-electron chi connectivity index (χ1n) is 5.59. The molecule has 0 spiro atoms. The van der Waals surface area contributed by atoms with Gasteiger partial charge in [-0.05, 0) is 30.5 Å². The van der Waals surface area contributed by atoms with Crippen molar-refractivity contribution in [1.82, 2.24) is 10.2 Å². The fourth-order valence-corrected chi connectivity index (χ4v) is 2.41. The average molecular weight is 284 g/mol. The van der Waals surface area contributed by atoms with E-state index in [9.17, 15) is 4.79 Å². The van der Waals surface area contributed by atoms with Gasteiger partial charge in [-0.15, -0.1) is 0 Å². The Hall–Kier alpha value is -1.20. The van der Waals surface area contributed by atoms with E-state index in [4.69, 9.17) is 11.6 Å². The molecule has 1 aliphatic rings. The number of carbonyl (C=O) groups is 1. The van der Waals surface area contributed by atoms with Gasteiger partial charge < -0.3 is 10.2 Å². The molecule has 2 rings (SSSR count). The van der Waals surface area contributed by atoms with Crippen LogP contribution in [0.1, 0.15) is 0 Å². The monoisotopic (exact) mass is 283 g/mol. The summed E-state index contributed by atoms with van der Waals surface area (Å²) in [6.07, 6.45) is 1.96. The number of aliphatic imine (C=N–C) groups is 1. The molecule has 6 heteroatoms. The van der Waals surface area contributed by atoms with Crippen molar-refractivity contribution in [3.63, 3.8) is 0 Å². The van der Waals surface area contributed by atoms with Crippen molar-refractivity contribution in [3.05, 3.63) is 29.3 Å². The van der Waals surface area contributed by atoms with Gasteiger partial charge in [0.05, 0.1) is 12.2 Å². The number of hydrogen-bond acceptors (Lipinski definition) is 3. The highest BCUT2D eigenvalue weighted by Gasteiger charge is 2.18. The lowest BCUT2D eigenvalue weighted by Crippen LogP contribution is -2.49. The van der Waals surface area contributed by atoms with Crippen LogP contribution >= 0.6 is 23.4 Å². The van der Waals surface area contributed by atoms with Crippen molar-refractivity contribution < 1.29 is 4.79 Å². The Balaban J connectivity index is 2.16. The van der Waals surface area contributed by atoms with Gasteiger partial charge in [-0.25, -0.2) is 4.99 Å². The van der Waals surface area contributed by atoms with E-state index in [0.29, 0.717) is 18.1 Å². The molecule has 4 nitrogen and oxygen atoms in total. The van der Waals surface area contributed by atoms with Crippen LogP contribution in [0.2, 0.25) is 5.02 Å². The number of benzene rings is 1. The maximum Gasteiger partial charge on any atom is 0.239 e. The topological polar surface area (TPSA) is 44.7 Å². The second-order valence-electron chi connectivity index (χ2n) is 3.85. The minimum Gasteiger partial charge on any atom is -0.353 e. The summed E-state index contributed by atoms with van der Waals surface area (Å²) in [5.41, 5.74) is 0.842. The molecular formula is C12H14ClN3OS. The van der Waals surface area contributed by atoms with Crippen LogP contribution in [0.25, 0.3) is 0 Å². The molecule has 1 aromatic carbocycles. The molecule has 0 radical (unpaired) electrons. The molecule has 18 heavy (non-hydrogen) atoms. The zero-order valence-corrected chi connectivity index (χ0v) is 11.6. The molecule has 1 aliphatic heterocycles. The maximum absolute atomic E-state index is 11.4. The molecule has 1 amide bonds. The summed E-state index contributed by atoms with van der Waals surface area (Å²) in [6, 6.07) is 7.34. The van der Waals surface area contributed by atoms with E-state index in [1.54, 1.807) is 23.9 Å². The normalized spacial score (nSPS) is 16.7. The van der Waals surface area contributed by atoms with Crippen LogP contribution < -0.4 is 5.32 Å². The Morgan fingerprint density at radius 3 is 2.78 bits per heavy atom. The lowest BCUT2D eigenvalue weighted by Gasteiger charge is -2.28. The number of amidine groups is 1. The highest BCUT2D eigenvalue weighted by atomic mass is 35.5. The van der Waals surface area contributed by atoms with Gasteiger partial charge in [-0.1, -0.05) is 23.4 Å². The number of hydrogen-bond donors (Lipinski definition) is 1. The van der Waals surface area contributed by atoms with Crippen LogP contribution in [-0.2, 0) is 4.79 Å². The van der Waals surface area contributed by atoms with E-state index in [-0.39, 0.29) is 5.91 Å². The minimum absolute atomic E-state index is 0.0408. The predicted molar refractivity (Wildman–Crippen MR) is 76.6 cm³/mol. The molecular weight excluding hydrogens is 270 g/mol. The van der Waals surface area contributed by atoms with Gasteiger partial charge in [0.25, 0.3) is 0 Å². The largest absolute Gasteiger partial charge is 0.353 e. The zero-order chi connectivity index (χ0) is 13.0. The number of amides is 1. The quantitative estimate of drug-likeness (QED) is 0.634. The van der Waals surface area contributed by atoms with E-state index >= 15 is 0 Å². The molecule has 0 unspecified atom stereocenters. The van der Waals surface area contributed by atoms with Crippen molar-refractivity contribution in [1.29, 1.82) is 0 Å². The molecule has 1 saturated heterocycles. The number of carbonyl (C=O) groups excluding carboxylic acids is 1. The first kappa shape index (κ1) is 13.2. The van der Waals surface area contributed by atoms with Gasteiger partial charge in [0, 0.05) is 18.1 Å². The van der Waals surface area contributed by atoms with Crippen molar-refractivity contribution in [3.8, 4) is 0 Å². The van der Waals surface area contributed by atoms with Crippen LogP contribution in [-0.4, -0.2) is 41.9 Å². The number of thioether (sulfide) groups is 1. The summed E-state index contributed by atoms with van der Waals surface area (Å²) < 4.78 is 0. The van der Waals surface area contributed by atoms with Crippen LogP contribution in [0, 0.1) is 0 Å². The molecule has 0 saturated carbocycles. The molecule has 0 aliphatic carbocycles. The summed E-state index contributed by atoms with van der Waals surface area (Å²) in [5, 5.41) is 4.35. The van der Waals surface area contributed by atoms with E-state index < -0.39 is 0 Å². The number of nitrogens with one attached hydrogen (secondary N) is 1. The summed E-state index contributed by atoms with van der Waals surface area (Å²) in [4.78, 5) is 17.9. The Morgan fingerprint density at radius 1 is 1.44 bits per heavy atom. The zero-order valence-electron chi connectivity index (χ0n) is 10.0. The standard InChI is InChI=1S/C12H14ClN3OS/c1-18-12(16-7-6-14-11(17)8-16)15-10-4-2-9(13)3-5-10/h2-5H,6-8H2,1H3,(H,14,17). The summed E-state index contributed by atoms with van der Waals surface area (Å²) >= 11 is 7.37. The third-order valence-corrected chi connectivity index (χ3v) is 3.51. The van der Waals surface area contributed by atoms with E-state index in [0.717, 1.165) is 17.4 Å². The summed E-state index contributed by atoms with van der Waals surface area (Å²) in [6.45, 7) is 1.82. The molecule has 1 fully saturated rings. The van der Waals surface area contributed by atoms with Crippen LogP contribution in [0.4, 0.5) is 5.69 Å². The first-order chi connectivity index (χ1) is 8.69. The van der Waals surface area contributed by atoms with E-state index in [1.165, 1.54) is 0 Å². The van der Waals surface area contributed by atoms with Crippen LogP contribution in [0.5, 0.6) is 0 Å². The van der Waals surface area contributed by atoms with Crippen molar-refractivity contribution in [2.75, 3.05) is 25.9 Å². The predicted octanol–water partition coefficient (Wildman–Crippen LogP) is 2.12. The molecule has 0 aromatic heterocycles. The van der Waals surface area contributed by atoms with E-state index in [1.807, 2.05) is 23.3 Å². The molecule has 0 atom stereocenters. The Labute approximate surface area is 115 Å². The maximum atomic E-state index is 11.4. The summed E-state index contributed by atoms with van der Waals surface area (Å²) in [7, 11) is 0. The Kier molecular flexibility index (Phi) is 4.49. The Morgan fingerprint density at radius 2 is 2.17 bits per heavy atom. The molecule has 1 heterocycles. The molecule has 96 valence electrons. The van der Waals surface area contributed by atoms with Gasteiger partial charge in [-0.3, -0.25) is 4.79 Å². The van der Waals surface area contributed by atoms with Crippen LogP contribution in [0.15, 0.2) is 29.3 Å². The molecule has 1 aromatic rings. The second-order valence-corrected chi connectivity index (χ2v) is 5.06. The van der Waals surface area contributed by atoms with Gasteiger partial charge in [0.2, 0.25) is 5.91 Å². The number of halogens is 1. The van der Waals surface area contributed by atoms with Gasteiger partial charge in [-0.2, -0.15) is 0 Å². The third-order valence-electron chi connectivity index (χ3n) is 2.54. The van der Waals surface area contributed by atoms with Gasteiger partial charge >= 0.3 is 0 Å². The fourth-order valence-electron chi connectivity index (χ4n) is 1.67. The van der Waals surface area contributed by atoms with E-state index in [2.05, 4.69) is 10.3 Å². The van der Waals surface area contributed by atoms with Crippen molar-refractivity contribution >= 4 is 40.1 Å². The summed E-state index contributed by atoms with van der Waals surface area (Å²) in [5.74, 6) is 0.0408. The SMILES string of the molecule is CSC(=Nc1ccc(Cl)cc1)N1CCNC(=O)C1.